The van der Waals surface area contributed by atoms with Crippen LogP contribution in [0.25, 0.3) is 0 Å². The molecule has 2 aliphatic heterocycles. The maximum atomic E-state index is 5.55. The molecule has 2 fully saturated rings. The molecule has 0 bridgehead atoms. The minimum atomic E-state index is 0.848. The predicted molar refractivity (Wildman–Crippen MR) is 67.6 cm³/mol. The average Bonchev–Trinajstić information content (AvgIpc) is 2.84. The van der Waals surface area contributed by atoms with E-state index in [-0.39, 0.29) is 0 Å². The van der Waals surface area contributed by atoms with Crippen molar-refractivity contribution in [1.29, 1.82) is 0 Å². The average molecular weight is 225 g/mol. The maximum absolute atomic E-state index is 5.55. The number of hydrogen-bond acceptors (Lipinski definition) is 2. The lowest BCUT2D eigenvalue weighted by Gasteiger charge is -2.28. The summed E-state index contributed by atoms with van der Waals surface area (Å²) in [4.78, 5) is 2.76. The van der Waals surface area contributed by atoms with E-state index in [0.29, 0.717) is 0 Å². The predicted octanol–water partition coefficient (Wildman–Crippen LogP) is 2.92. The van der Waals surface area contributed by atoms with Crippen molar-refractivity contribution < 1.29 is 4.74 Å². The molecule has 0 radical (unpaired) electrons. The van der Waals surface area contributed by atoms with Crippen molar-refractivity contribution in [3.05, 3.63) is 0 Å². The van der Waals surface area contributed by atoms with E-state index in [1.54, 1.807) is 0 Å². The molecule has 3 atom stereocenters. The molecule has 94 valence electrons. The standard InChI is InChI=1S/C14H27NO/c1-3-5-7-14(6-4-2)15-8-12-10-16-11-13(12)9-15/h12-14H,3-11H2,1-2H3/t12?,13?,14-/m1/s1. The van der Waals surface area contributed by atoms with Gasteiger partial charge in [-0.25, -0.2) is 0 Å². The van der Waals surface area contributed by atoms with Crippen molar-refractivity contribution in [1.82, 2.24) is 4.90 Å². The first kappa shape index (κ1) is 12.4. The Balaban J connectivity index is 1.83. The summed E-state index contributed by atoms with van der Waals surface area (Å²) in [5.74, 6) is 1.70. The van der Waals surface area contributed by atoms with Gasteiger partial charge in [-0.1, -0.05) is 33.1 Å². The number of unbranched alkanes of at least 4 members (excludes halogenated alkanes) is 1. The topological polar surface area (TPSA) is 12.5 Å². The lowest BCUT2D eigenvalue weighted by atomic mass is 10.0. The number of fused-ring (bicyclic) bond motifs is 1. The zero-order valence-electron chi connectivity index (χ0n) is 11.0. The zero-order valence-corrected chi connectivity index (χ0v) is 11.0. The van der Waals surface area contributed by atoms with E-state index < -0.39 is 0 Å². The van der Waals surface area contributed by atoms with Crippen LogP contribution in [0.5, 0.6) is 0 Å². The molecule has 2 aliphatic rings. The summed E-state index contributed by atoms with van der Waals surface area (Å²) in [7, 11) is 0. The Labute approximate surface area is 100 Å². The first-order chi connectivity index (χ1) is 7.85. The summed E-state index contributed by atoms with van der Waals surface area (Å²) < 4.78 is 5.55. The molecule has 16 heavy (non-hydrogen) atoms. The second-order valence-electron chi connectivity index (χ2n) is 5.60. The van der Waals surface area contributed by atoms with Gasteiger partial charge in [-0.15, -0.1) is 0 Å². The van der Waals surface area contributed by atoms with Crippen LogP contribution in [-0.4, -0.2) is 37.2 Å². The van der Waals surface area contributed by atoms with Gasteiger partial charge in [0, 0.05) is 31.0 Å². The molecule has 2 heterocycles. The molecule has 0 saturated carbocycles. The van der Waals surface area contributed by atoms with Gasteiger partial charge in [0.05, 0.1) is 13.2 Å². The van der Waals surface area contributed by atoms with Gasteiger partial charge in [-0.2, -0.15) is 0 Å². The SMILES string of the molecule is CCCC[C@@H](CCC)N1CC2COCC2C1. The Hall–Kier alpha value is -0.0800. The van der Waals surface area contributed by atoms with E-state index >= 15 is 0 Å². The molecule has 0 amide bonds. The first-order valence-electron chi connectivity index (χ1n) is 7.17. The third kappa shape index (κ3) is 2.78. The number of nitrogens with zero attached hydrogens (tertiary/aromatic N) is 1. The van der Waals surface area contributed by atoms with Crippen LogP contribution in [0, 0.1) is 11.8 Å². The van der Waals surface area contributed by atoms with E-state index in [2.05, 4.69) is 18.7 Å². The quantitative estimate of drug-likeness (QED) is 0.689. The van der Waals surface area contributed by atoms with E-state index in [1.165, 1.54) is 45.2 Å². The molecule has 2 heteroatoms. The fourth-order valence-electron chi connectivity index (χ4n) is 3.30. The number of likely N-dealkylation sites (tertiary alicyclic amines) is 1. The molecule has 2 saturated heterocycles. The Morgan fingerprint density at radius 1 is 1.06 bits per heavy atom. The normalized spacial score (nSPS) is 31.9. The van der Waals surface area contributed by atoms with Crippen molar-refractivity contribution >= 4 is 0 Å². The van der Waals surface area contributed by atoms with Crippen LogP contribution in [0.1, 0.15) is 46.0 Å². The largest absolute Gasteiger partial charge is 0.381 e. The second kappa shape index (κ2) is 6.02. The summed E-state index contributed by atoms with van der Waals surface area (Å²) in [5, 5.41) is 0. The molecule has 0 N–H and O–H groups in total. The van der Waals surface area contributed by atoms with Crippen molar-refractivity contribution in [3.63, 3.8) is 0 Å². The van der Waals surface area contributed by atoms with Gasteiger partial charge in [0.15, 0.2) is 0 Å². The monoisotopic (exact) mass is 225 g/mol. The zero-order chi connectivity index (χ0) is 11.4. The summed E-state index contributed by atoms with van der Waals surface area (Å²) in [5.41, 5.74) is 0. The minimum Gasteiger partial charge on any atom is -0.381 e. The number of ether oxygens (including phenoxy) is 1. The van der Waals surface area contributed by atoms with Crippen LogP contribution < -0.4 is 0 Å². The molecule has 0 aromatic rings. The molecule has 0 aromatic heterocycles. The van der Waals surface area contributed by atoms with Gasteiger partial charge < -0.3 is 4.74 Å². The smallest absolute Gasteiger partial charge is 0.0510 e. The highest BCUT2D eigenvalue weighted by Crippen LogP contribution is 2.32. The Bertz CT molecular complexity index is 195. The van der Waals surface area contributed by atoms with Crippen LogP contribution in [0.2, 0.25) is 0 Å². The highest BCUT2D eigenvalue weighted by molar-refractivity contribution is 4.90. The van der Waals surface area contributed by atoms with Gasteiger partial charge in [-0.05, 0) is 12.8 Å². The first-order valence-corrected chi connectivity index (χ1v) is 7.17. The fraction of sp³-hybridized carbons (Fsp3) is 1.00. The van der Waals surface area contributed by atoms with Crippen LogP contribution in [0.4, 0.5) is 0 Å². The molecular weight excluding hydrogens is 198 g/mol. The maximum Gasteiger partial charge on any atom is 0.0510 e. The van der Waals surface area contributed by atoms with Gasteiger partial charge in [0.1, 0.15) is 0 Å². The van der Waals surface area contributed by atoms with Crippen molar-refractivity contribution in [3.8, 4) is 0 Å². The van der Waals surface area contributed by atoms with Crippen LogP contribution in [0.3, 0.4) is 0 Å². The second-order valence-corrected chi connectivity index (χ2v) is 5.60. The molecule has 2 rings (SSSR count). The Morgan fingerprint density at radius 2 is 1.75 bits per heavy atom. The van der Waals surface area contributed by atoms with E-state index in [9.17, 15) is 0 Å². The number of hydrogen-bond donors (Lipinski definition) is 0. The highest BCUT2D eigenvalue weighted by atomic mass is 16.5. The molecule has 0 spiro atoms. The van der Waals surface area contributed by atoms with Crippen LogP contribution in [0.15, 0.2) is 0 Å². The van der Waals surface area contributed by atoms with Crippen molar-refractivity contribution in [2.45, 2.75) is 52.0 Å². The molecular formula is C14H27NO. The van der Waals surface area contributed by atoms with Crippen molar-refractivity contribution in [2.24, 2.45) is 11.8 Å². The van der Waals surface area contributed by atoms with Gasteiger partial charge in [0.2, 0.25) is 0 Å². The third-order valence-electron chi connectivity index (χ3n) is 4.30. The summed E-state index contributed by atoms with van der Waals surface area (Å²) in [6.07, 6.45) is 6.86. The highest BCUT2D eigenvalue weighted by Gasteiger charge is 2.38. The summed E-state index contributed by atoms with van der Waals surface area (Å²) in [6, 6.07) is 0.857. The lowest BCUT2D eigenvalue weighted by Crippen LogP contribution is -2.34. The minimum absolute atomic E-state index is 0.848. The molecule has 2 nitrogen and oxygen atoms in total. The van der Waals surface area contributed by atoms with Gasteiger partial charge in [0.25, 0.3) is 0 Å². The van der Waals surface area contributed by atoms with Gasteiger partial charge >= 0.3 is 0 Å². The lowest BCUT2D eigenvalue weighted by molar-refractivity contribution is 0.132. The van der Waals surface area contributed by atoms with E-state index in [4.69, 9.17) is 4.74 Å². The number of rotatable bonds is 6. The molecule has 0 aliphatic carbocycles. The van der Waals surface area contributed by atoms with E-state index in [1.807, 2.05) is 0 Å². The van der Waals surface area contributed by atoms with Gasteiger partial charge in [-0.3, -0.25) is 4.90 Å². The molecule has 2 unspecified atom stereocenters. The fourth-order valence-corrected chi connectivity index (χ4v) is 3.30. The van der Waals surface area contributed by atoms with Crippen LogP contribution in [-0.2, 0) is 4.74 Å². The Kier molecular flexibility index (Phi) is 4.66. The van der Waals surface area contributed by atoms with Crippen molar-refractivity contribution in [2.75, 3.05) is 26.3 Å². The van der Waals surface area contributed by atoms with Crippen LogP contribution >= 0.6 is 0 Å². The summed E-state index contributed by atoms with van der Waals surface area (Å²) >= 11 is 0. The Morgan fingerprint density at radius 3 is 2.31 bits per heavy atom. The summed E-state index contributed by atoms with van der Waals surface area (Å²) in [6.45, 7) is 9.27. The molecule has 0 aromatic carbocycles. The van der Waals surface area contributed by atoms with E-state index in [0.717, 1.165) is 31.1 Å². The third-order valence-corrected chi connectivity index (χ3v) is 4.30.